The van der Waals surface area contributed by atoms with E-state index in [1.54, 1.807) is 27.4 Å². The molecule has 8 heteroatoms. The van der Waals surface area contributed by atoms with Crippen LogP contribution in [0.5, 0.6) is 23.0 Å². The molecule has 3 aromatic carbocycles. The monoisotopic (exact) mass is 523 g/mol. The summed E-state index contributed by atoms with van der Waals surface area (Å²) in [5.74, 6) is 2.04. The van der Waals surface area contributed by atoms with E-state index in [0.29, 0.717) is 54.6 Å². The van der Waals surface area contributed by atoms with Gasteiger partial charge in [-0.15, -0.1) is 0 Å². The van der Waals surface area contributed by atoms with E-state index in [2.05, 4.69) is 17.0 Å². The molecule has 1 heterocycles. The van der Waals surface area contributed by atoms with E-state index >= 15 is 0 Å². The number of phenols is 1. The van der Waals surface area contributed by atoms with Gasteiger partial charge in [-0.25, -0.2) is 0 Å². The number of benzene rings is 3. The molecule has 3 aromatic rings. The highest BCUT2D eigenvalue weighted by atomic mass is 16.5. The summed E-state index contributed by atoms with van der Waals surface area (Å²) in [6.45, 7) is 2.05. The van der Waals surface area contributed by atoms with Crippen LogP contribution in [0, 0.1) is 5.92 Å². The SMILES string of the molecule is COc1ccc(C2CC(CN(Cc3ccccc3)CC(O)c3ccc(O)cc3CO)CO2)c(OC)c1OC. The number of aliphatic hydroxyl groups is 2. The van der Waals surface area contributed by atoms with Gasteiger partial charge in [-0.1, -0.05) is 36.4 Å². The third-order valence-electron chi connectivity index (χ3n) is 7.01. The van der Waals surface area contributed by atoms with E-state index in [4.69, 9.17) is 18.9 Å². The van der Waals surface area contributed by atoms with Crippen LogP contribution in [0.4, 0.5) is 0 Å². The molecular weight excluding hydrogens is 486 g/mol. The molecule has 1 aliphatic heterocycles. The third kappa shape index (κ3) is 6.39. The molecule has 0 spiro atoms. The molecule has 0 aromatic heterocycles. The van der Waals surface area contributed by atoms with Crippen LogP contribution in [-0.2, 0) is 17.9 Å². The van der Waals surface area contributed by atoms with Gasteiger partial charge in [-0.3, -0.25) is 4.90 Å². The van der Waals surface area contributed by atoms with Gasteiger partial charge in [-0.05, 0) is 53.3 Å². The molecule has 8 nitrogen and oxygen atoms in total. The third-order valence-corrected chi connectivity index (χ3v) is 7.01. The number of aromatic hydroxyl groups is 1. The van der Waals surface area contributed by atoms with E-state index in [0.717, 1.165) is 17.5 Å². The number of ether oxygens (including phenoxy) is 4. The second-order valence-corrected chi connectivity index (χ2v) is 9.58. The number of phenolic OH excluding ortho intramolecular Hbond substituents is 1. The summed E-state index contributed by atoms with van der Waals surface area (Å²) < 4.78 is 22.9. The van der Waals surface area contributed by atoms with Crippen LogP contribution in [0.1, 0.15) is 40.9 Å². The van der Waals surface area contributed by atoms with Crippen LogP contribution in [0.25, 0.3) is 0 Å². The van der Waals surface area contributed by atoms with Crippen molar-refractivity contribution in [3.8, 4) is 23.0 Å². The van der Waals surface area contributed by atoms with Gasteiger partial charge in [-0.2, -0.15) is 0 Å². The van der Waals surface area contributed by atoms with Gasteiger partial charge < -0.3 is 34.3 Å². The van der Waals surface area contributed by atoms with Crippen molar-refractivity contribution in [2.24, 2.45) is 5.92 Å². The molecule has 0 bridgehead atoms. The van der Waals surface area contributed by atoms with Crippen LogP contribution in [0.15, 0.2) is 60.7 Å². The number of rotatable bonds is 12. The van der Waals surface area contributed by atoms with Gasteiger partial charge in [0.15, 0.2) is 11.5 Å². The Labute approximate surface area is 224 Å². The van der Waals surface area contributed by atoms with Crippen molar-refractivity contribution in [2.75, 3.05) is 41.0 Å². The maximum Gasteiger partial charge on any atom is 0.203 e. The first-order chi connectivity index (χ1) is 18.5. The highest BCUT2D eigenvalue weighted by Crippen LogP contribution is 2.46. The summed E-state index contributed by atoms with van der Waals surface area (Å²) in [4.78, 5) is 2.22. The Kier molecular flexibility index (Phi) is 9.47. The fraction of sp³-hybridized carbons (Fsp3) is 0.400. The van der Waals surface area contributed by atoms with E-state index in [-0.39, 0.29) is 24.4 Å². The second-order valence-electron chi connectivity index (χ2n) is 9.58. The Morgan fingerprint density at radius 2 is 1.74 bits per heavy atom. The number of hydrogen-bond donors (Lipinski definition) is 3. The van der Waals surface area contributed by atoms with Gasteiger partial charge in [0, 0.05) is 25.2 Å². The maximum atomic E-state index is 11.1. The fourth-order valence-corrected chi connectivity index (χ4v) is 5.22. The summed E-state index contributed by atoms with van der Waals surface area (Å²) in [5.41, 5.74) is 3.18. The van der Waals surface area contributed by atoms with Crippen LogP contribution in [-0.4, -0.2) is 61.2 Å². The van der Waals surface area contributed by atoms with Crippen LogP contribution in [0.2, 0.25) is 0 Å². The molecule has 3 N–H and O–H groups in total. The molecule has 0 aliphatic carbocycles. The highest BCUT2D eigenvalue weighted by molar-refractivity contribution is 5.56. The lowest BCUT2D eigenvalue weighted by Gasteiger charge is -2.28. The van der Waals surface area contributed by atoms with Crippen molar-refractivity contribution in [3.63, 3.8) is 0 Å². The minimum absolute atomic E-state index is 0.0610. The molecular formula is C30H37NO7. The Morgan fingerprint density at radius 3 is 2.42 bits per heavy atom. The zero-order valence-electron chi connectivity index (χ0n) is 22.2. The van der Waals surface area contributed by atoms with Crippen molar-refractivity contribution >= 4 is 0 Å². The predicted octanol–water partition coefficient (Wildman–Crippen LogP) is 4.22. The van der Waals surface area contributed by atoms with Gasteiger partial charge in [0.05, 0.1) is 46.8 Å². The first kappa shape index (κ1) is 27.7. The van der Waals surface area contributed by atoms with E-state index in [9.17, 15) is 15.3 Å². The first-order valence-electron chi connectivity index (χ1n) is 12.7. The Morgan fingerprint density at radius 1 is 0.974 bits per heavy atom. The molecule has 38 heavy (non-hydrogen) atoms. The van der Waals surface area contributed by atoms with Crippen LogP contribution in [0.3, 0.4) is 0 Å². The zero-order chi connectivity index (χ0) is 27.1. The van der Waals surface area contributed by atoms with Crippen molar-refractivity contribution in [1.29, 1.82) is 0 Å². The Bertz CT molecular complexity index is 1190. The average molecular weight is 524 g/mol. The van der Waals surface area contributed by atoms with Crippen molar-refractivity contribution in [1.82, 2.24) is 4.90 Å². The summed E-state index contributed by atoms with van der Waals surface area (Å²) in [5, 5.41) is 30.7. The smallest absolute Gasteiger partial charge is 0.203 e. The summed E-state index contributed by atoms with van der Waals surface area (Å²) >= 11 is 0. The average Bonchev–Trinajstić information content (AvgIpc) is 3.40. The molecule has 3 atom stereocenters. The molecule has 4 rings (SSSR count). The van der Waals surface area contributed by atoms with Gasteiger partial charge in [0.25, 0.3) is 0 Å². The molecule has 1 fully saturated rings. The zero-order valence-corrected chi connectivity index (χ0v) is 22.2. The van der Waals surface area contributed by atoms with E-state index in [1.807, 2.05) is 30.3 Å². The molecule has 1 saturated heterocycles. The lowest BCUT2D eigenvalue weighted by atomic mass is 9.97. The minimum Gasteiger partial charge on any atom is -0.508 e. The van der Waals surface area contributed by atoms with Crippen LogP contribution >= 0.6 is 0 Å². The highest BCUT2D eigenvalue weighted by Gasteiger charge is 2.32. The lowest BCUT2D eigenvalue weighted by molar-refractivity contribution is 0.0846. The van der Waals surface area contributed by atoms with Crippen molar-refractivity contribution in [2.45, 2.75) is 31.8 Å². The summed E-state index contributed by atoms with van der Waals surface area (Å²) in [7, 11) is 4.79. The quantitative estimate of drug-likeness (QED) is 0.324. The molecule has 3 unspecified atom stereocenters. The van der Waals surface area contributed by atoms with Crippen molar-refractivity contribution in [3.05, 3.63) is 82.9 Å². The molecule has 0 amide bonds. The summed E-state index contributed by atoms with van der Waals surface area (Å²) in [6.07, 6.45) is -0.198. The van der Waals surface area contributed by atoms with Gasteiger partial charge >= 0.3 is 0 Å². The summed E-state index contributed by atoms with van der Waals surface area (Å²) in [6, 6.07) is 18.7. The second kappa shape index (κ2) is 13.0. The first-order valence-corrected chi connectivity index (χ1v) is 12.7. The predicted molar refractivity (Wildman–Crippen MR) is 144 cm³/mol. The molecule has 0 saturated carbocycles. The molecule has 0 radical (unpaired) electrons. The Hall–Kier alpha value is -3.30. The van der Waals surface area contributed by atoms with E-state index < -0.39 is 6.10 Å². The van der Waals surface area contributed by atoms with Crippen molar-refractivity contribution < 1.29 is 34.3 Å². The number of aliphatic hydroxyl groups excluding tert-OH is 2. The minimum atomic E-state index is -0.828. The lowest BCUT2D eigenvalue weighted by Crippen LogP contribution is -2.33. The topological polar surface area (TPSA) is 101 Å². The number of nitrogens with zero attached hydrogens (tertiary/aromatic N) is 1. The standard InChI is InChI=1S/C30H37NO7/c1-35-27-12-11-25(29(36-2)30(27)37-3)28-13-21(19-38-28)16-31(15-20-7-5-4-6-8-20)17-26(34)24-10-9-23(33)14-22(24)18-32/h4-12,14,21,26,28,32-34H,13,15-19H2,1-3H3. The van der Waals surface area contributed by atoms with Crippen LogP contribution < -0.4 is 14.2 Å². The molecule has 1 aliphatic rings. The largest absolute Gasteiger partial charge is 0.508 e. The molecule has 204 valence electrons. The fourth-order valence-electron chi connectivity index (χ4n) is 5.22. The maximum absolute atomic E-state index is 11.1. The van der Waals surface area contributed by atoms with Gasteiger partial charge in [0.1, 0.15) is 5.75 Å². The van der Waals surface area contributed by atoms with E-state index in [1.165, 1.54) is 12.1 Å². The number of methoxy groups -OCH3 is 3. The van der Waals surface area contributed by atoms with Gasteiger partial charge in [0.2, 0.25) is 5.75 Å². The Balaban J connectivity index is 1.51. The number of hydrogen-bond acceptors (Lipinski definition) is 8. The normalized spacial score (nSPS) is 17.9.